The third-order valence-electron chi connectivity index (χ3n) is 2.36. The van der Waals surface area contributed by atoms with Crippen molar-refractivity contribution >= 4 is 34.9 Å². The summed E-state index contributed by atoms with van der Waals surface area (Å²) in [6.45, 7) is 1.88. The number of halogens is 1. The van der Waals surface area contributed by atoms with E-state index in [0.717, 1.165) is 10.0 Å². The maximum atomic E-state index is 11.4. The van der Waals surface area contributed by atoms with Gasteiger partial charge in [0, 0.05) is 22.1 Å². The van der Waals surface area contributed by atoms with Crippen molar-refractivity contribution in [3.63, 3.8) is 0 Å². The van der Waals surface area contributed by atoms with Crippen LogP contribution in [0.2, 0.25) is 0 Å². The highest BCUT2D eigenvalue weighted by molar-refractivity contribution is 9.10. The van der Waals surface area contributed by atoms with Crippen LogP contribution in [0.25, 0.3) is 11.0 Å². The Morgan fingerprint density at radius 3 is 2.76 bits per heavy atom. The molecule has 0 saturated heterocycles. The number of fused-ring (bicyclic) bond motifs is 1. The second-order valence-electron chi connectivity index (χ2n) is 3.78. The molecular weight excluding hydrogens is 307 g/mol. The minimum absolute atomic E-state index is 0.0194. The van der Waals surface area contributed by atoms with Crippen LogP contribution in [-0.2, 0) is 10.7 Å². The Balaban J connectivity index is 2.82. The van der Waals surface area contributed by atoms with Gasteiger partial charge in [-0.05, 0) is 30.2 Å². The molecule has 6 heteroatoms. The van der Waals surface area contributed by atoms with E-state index in [1.807, 2.05) is 13.0 Å². The summed E-state index contributed by atoms with van der Waals surface area (Å²) in [5, 5.41) is 0.683. The quantitative estimate of drug-likeness (QED) is 0.683. The van der Waals surface area contributed by atoms with Crippen LogP contribution in [0.1, 0.15) is 11.1 Å². The number of benzene rings is 1. The molecule has 1 aromatic carbocycles. The van der Waals surface area contributed by atoms with Crippen molar-refractivity contribution in [1.29, 1.82) is 0 Å². The largest absolute Gasteiger partial charge is 0.423 e. The van der Waals surface area contributed by atoms with Gasteiger partial charge in [0.15, 0.2) is 8.03 Å². The predicted molar refractivity (Wildman–Crippen MR) is 69.8 cm³/mol. The van der Waals surface area contributed by atoms with Crippen molar-refractivity contribution in [3.8, 4) is 0 Å². The summed E-state index contributed by atoms with van der Waals surface area (Å²) in [4.78, 5) is 20.4. The maximum absolute atomic E-state index is 11.4. The predicted octanol–water partition coefficient (Wildman–Crippen LogP) is 2.83. The van der Waals surface area contributed by atoms with Gasteiger partial charge in [-0.1, -0.05) is 15.9 Å². The molecule has 90 valence electrons. The van der Waals surface area contributed by atoms with Crippen molar-refractivity contribution in [2.24, 2.45) is 0 Å². The first-order chi connectivity index (χ1) is 7.97. The Morgan fingerprint density at radius 2 is 2.12 bits per heavy atom. The van der Waals surface area contributed by atoms with Gasteiger partial charge in [-0.2, -0.15) is 0 Å². The minimum Gasteiger partial charge on any atom is -0.423 e. The van der Waals surface area contributed by atoms with E-state index in [0.29, 0.717) is 16.5 Å². The summed E-state index contributed by atoms with van der Waals surface area (Å²) in [5.41, 5.74) is 1.41. The van der Waals surface area contributed by atoms with Gasteiger partial charge in [0.1, 0.15) is 5.58 Å². The minimum atomic E-state index is -2.67. The highest BCUT2D eigenvalue weighted by Gasteiger charge is 2.11. The van der Waals surface area contributed by atoms with E-state index in [4.69, 9.17) is 9.31 Å². The molecule has 1 atom stereocenters. The topological polar surface area (TPSA) is 67.5 Å². The van der Waals surface area contributed by atoms with Crippen LogP contribution < -0.4 is 5.63 Å². The van der Waals surface area contributed by atoms with Gasteiger partial charge in [-0.15, -0.1) is 0 Å². The lowest BCUT2D eigenvalue weighted by Gasteiger charge is -2.06. The SMILES string of the molecule is Cc1cc(Br)c2c(C[PH](=O)O)cc(=O)oc2c1. The van der Waals surface area contributed by atoms with Crippen molar-refractivity contribution < 1.29 is 13.9 Å². The first kappa shape index (κ1) is 12.6. The molecule has 0 aliphatic heterocycles. The summed E-state index contributed by atoms with van der Waals surface area (Å²) in [6, 6.07) is 4.88. The molecule has 0 fully saturated rings. The molecule has 2 aromatic rings. The molecule has 0 radical (unpaired) electrons. The lowest BCUT2D eigenvalue weighted by Crippen LogP contribution is -2.00. The zero-order valence-corrected chi connectivity index (χ0v) is 11.6. The second kappa shape index (κ2) is 4.77. The van der Waals surface area contributed by atoms with E-state index in [-0.39, 0.29) is 6.16 Å². The molecule has 1 unspecified atom stereocenters. The van der Waals surface area contributed by atoms with Gasteiger partial charge < -0.3 is 9.31 Å². The van der Waals surface area contributed by atoms with E-state index in [9.17, 15) is 9.36 Å². The first-order valence-electron chi connectivity index (χ1n) is 4.92. The van der Waals surface area contributed by atoms with E-state index in [1.54, 1.807) is 6.07 Å². The van der Waals surface area contributed by atoms with Gasteiger partial charge >= 0.3 is 5.63 Å². The molecule has 1 N–H and O–H groups in total. The van der Waals surface area contributed by atoms with Gasteiger partial charge in [0.2, 0.25) is 0 Å². The fourth-order valence-corrected chi connectivity index (χ4v) is 3.17. The fourth-order valence-electron chi connectivity index (χ4n) is 1.76. The van der Waals surface area contributed by atoms with E-state index < -0.39 is 13.7 Å². The molecule has 17 heavy (non-hydrogen) atoms. The van der Waals surface area contributed by atoms with Crippen LogP contribution in [0.5, 0.6) is 0 Å². The molecule has 4 nitrogen and oxygen atoms in total. The Morgan fingerprint density at radius 1 is 1.41 bits per heavy atom. The standard InChI is InChI=1S/C11H10BrO4P/c1-6-2-8(12)11-7(5-17(14)15)4-10(13)16-9(11)3-6/h2-4,17H,5H2,1H3,(H,14,15). The average molecular weight is 317 g/mol. The van der Waals surface area contributed by atoms with Gasteiger partial charge in [-0.25, -0.2) is 4.79 Å². The van der Waals surface area contributed by atoms with Crippen molar-refractivity contribution in [3.05, 3.63) is 44.2 Å². The maximum Gasteiger partial charge on any atom is 0.336 e. The monoisotopic (exact) mass is 316 g/mol. The number of rotatable bonds is 2. The van der Waals surface area contributed by atoms with Gasteiger partial charge in [0.25, 0.3) is 0 Å². The molecule has 2 rings (SSSR count). The van der Waals surface area contributed by atoms with Crippen LogP contribution in [0.15, 0.2) is 31.9 Å². The molecule has 1 heterocycles. The van der Waals surface area contributed by atoms with Crippen LogP contribution >= 0.6 is 24.0 Å². The van der Waals surface area contributed by atoms with E-state index in [2.05, 4.69) is 15.9 Å². The Kier molecular flexibility index (Phi) is 3.52. The second-order valence-corrected chi connectivity index (χ2v) is 5.78. The molecule has 0 amide bonds. The molecule has 0 aliphatic rings. The highest BCUT2D eigenvalue weighted by Crippen LogP contribution is 2.32. The average Bonchev–Trinajstić information content (AvgIpc) is 2.13. The normalized spacial score (nSPS) is 12.9. The van der Waals surface area contributed by atoms with Crippen molar-refractivity contribution in [2.75, 3.05) is 0 Å². The number of aryl methyl sites for hydroxylation is 1. The van der Waals surface area contributed by atoms with Crippen LogP contribution in [0.3, 0.4) is 0 Å². The Bertz CT molecular complexity index is 662. The molecule has 0 spiro atoms. The van der Waals surface area contributed by atoms with Crippen LogP contribution in [-0.4, -0.2) is 4.89 Å². The third kappa shape index (κ3) is 2.68. The zero-order valence-electron chi connectivity index (χ0n) is 8.99. The zero-order chi connectivity index (χ0) is 12.6. The van der Waals surface area contributed by atoms with Crippen LogP contribution in [0, 0.1) is 6.92 Å². The van der Waals surface area contributed by atoms with Gasteiger partial charge in [-0.3, -0.25) is 4.57 Å². The Hall–Kier alpha value is -0.900. The number of hydrogen-bond donors (Lipinski definition) is 1. The lowest BCUT2D eigenvalue weighted by molar-refractivity contribution is 0.502. The van der Waals surface area contributed by atoms with Gasteiger partial charge in [0.05, 0.1) is 0 Å². The summed E-state index contributed by atoms with van der Waals surface area (Å²) < 4.78 is 16.8. The summed E-state index contributed by atoms with van der Waals surface area (Å²) >= 11 is 3.38. The van der Waals surface area contributed by atoms with E-state index >= 15 is 0 Å². The fraction of sp³-hybridized carbons (Fsp3) is 0.182. The van der Waals surface area contributed by atoms with Crippen molar-refractivity contribution in [2.45, 2.75) is 13.1 Å². The lowest BCUT2D eigenvalue weighted by atomic mass is 10.1. The summed E-state index contributed by atoms with van der Waals surface area (Å²) in [6.07, 6.45) is -0.0194. The third-order valence-corrected chi connectivity index (χ3v) is 3.67. The molecule has 0 saturated carbocycles. The summed E-state index contributed by atoms with van der Waals surface area (Å²) in [5.74, 6) is 0. The molecular formula is C11H10BrO4P. The van der Waals surface area contributed by atoms with Crippen LogP contribution in [0.4, 0.5) is 0 Å². The Labute approximate surface area is 106 Å². The number of hydrogen-bond acceptors (Lipinski definition) is 3. The highest BCUT2D eigenvalue weighted by atomic mass is 79.9. The molecule has 0 bridgehead atoms. The molecule has 0 aliphatic carbocycles. The van der Waals surface area contributed by atoms with E-state index in [1.165, 1.54) is 6.07 Å². The first-order valence-corrected chi connectivity index (χ1v) is 7.27. The molecule has 1 aromatic heterocycles. The van der Waals surface area contributed by atoms with Crippen molar-refractivity contribution in [1.82, 2.24) is 0 Å². The smallest absolute Gasteiger partial charge is 0.336 e. The summed E-state index contributed by atoms with van der Waals surface area (Å²) in [7, 11) is -2.67.